The van der Waals surface area contributed by atoms with Gasteiger partial charge in [0.25, 0.3) is 0 Å². The van der Waals surface area contributed by atoms with Gasteiger partial charge >= 0.3 is 0 Å². The lowest BCUT2D eigenvalue weighted by Gasteiger charge is -2.36. The van der Waals surface area contributed by atoms with E-state index in [1.54, 1.807) is 0 Å². The number of nitrogens with one attached hydrogen (secondary N) is 1. The minimum Gasteiger partial charge on any atom is -0.375 e. The predicted octanol–water partition coefficient (Wildman–Crippen LogP) is 3.61. The van der Waals surface area contributed by atoms with Crippen molar-refractivity contribution < 1.29 is 4.74 Å². The van der Waals surface area contributed by atoms with Crippen LogP contribution in [0, 0.1) is 0 Å². The molecule has 1 aromatic rings. The molecule has 104 valence electrons. The van der Waals surface area contributed by atoms with Crippen LogP contribution >= 0.6 is 0 Å². The Morgan fingerprint density at radius 1 is 1.26 bits per heavy atom. The van der Waals surface area contributed by atoms with E-state index in [9.17, 15) is 0 Å². The van der Waals surface area contributed by atoms with Gasteiger partial charge < -0.3 is 10.1 Å². The van der Waals surface area contributed by atoms with Gasteiger partial charge in [-0.25, -0.2) is 0 Å². The summed E-state index contributed by atoms with van der Waals surface area (Å²) in [5, 5.41) is 3.70. The van der Waals surface area contributed by atoms with Gasteiger partial charge in [0.2, 0.25) is 0 Å². The maximum absolute atomic E-state index is 5.77. The molecule has 2 fully saturated rings. The molecule has 0 bridgehead atoms. The minimum absolute atomic E-state index is 0.0335. The van der Waals surface area contributed by atoms with Gasteiger partial charge in [0, 0.05) is 19.2 Å². The van der Waals surface area contributed by atoms with Gasteiger partial charge in [0.1, 0.15) is 0 Å². The lowest BCUT2D eigenvalue weighted by Crippen LogP contribution is -2.43. The van der Waals surface area contributed by atoms with Crippen molar-refractivity contribution in [2.24, 2.45) is 0 Å². The summed E-state index contributed by atoms with van der Waals surface area (Å²) in [7, 11) is 0. The third-order valence-electron chi connectivity index (χ3n) is 4.29. The van der Waals surface area contributed by atoms with Crippen LogP contribution in [0.2, 0.25) is 0 Å². The predicted molar refractivity (Wildman–Crippen MR) is 78.3 cm³/mol. The molecule has 1 unspecified atom stereocenters. The van der Waals surface area contributed by atoms with Crippen LogP contribution in [-0.2, 0) is 11.3 Å². The molecule has 0 radical (unpaired) electrons. The van der Waals surface area contributed by atoms with Gasteiger partial charge in [0.15, 0.2) is 0 Å². The molecular formula is C17H25NO. The number of hydrogen-bond acceptors (Lipinski definition) is 2. The van der Waals surface area contributed by atoms with E-state index < -0.39 is 0 Å². The molecule has 0 spiro atoms. The first-order valence-electron chi connectivity index (χ1n) is 7.59. The molecule has 1 aliphatic carbocycles. The van der Waals surface area contributed by atoms with Crippen LogP contribution in [-0.4, -0.2) is 18.2 Å². The van der Waals surface area contributed by atoms with E-state index in [0.717, 1.165) is 31.9 Å². The fraction of sp³-hybridized carbons (Fsp3) is 0.647. The zero-order valence-electron chi connectivity index (χ0n) is 12.1. The SMILES string of the molecule is CC1(C)CC(NCc2cccc(C3CC3)c2)CCO1. The Morgan fingerprint density at radius 3 is 2.84 bits per heavy atom. The quantitative estimate of drug-likeness (QED) is 0.892. The molecule has 1 aromatic carbocycles. The molecule has 1 N–H and O–H groups in total. The highest BCUT2D eigenvalue weighted by molar-refractivity contribution is 5.29. The zero-order chi connectivity index (χ0) is 13.3. The second kappa shape index (κ2) is 5.26. The van der Waals surface area contributed by atoms with Crippen LogP contribution in [0.25, 0.3) is 0 Å². The lowest BCUT2D eigenvalue weighted by molar-refractivity contribution is -0.0630. The van der Waals surface area contributed by atoms with E-state index >= 15 is 0 Å². The molecule has 2 nitrogen and oxygen atoms in total. The van der Waals surface area contributed by atoms with Gasteiger partial charge in [0.05, 0.1) is 5.60 Å². The van der Waals surface area contributed by atoms with Gasteiger partial charge in [-0.05, 0) is 56.6 Å². The monoisotopic (exact) mass is 259 g/mol. The van der Waals surface area contributed by atoms with E-state index in [2.05, 4.69) is 43.4 Å². The molecule has 1 aliphatic heterocycles. The zero-order valence-corrected chi connectivity index (χ0v) is 12.1. The molecule has 19 heavy (non-hydrogen) atoms. The molecule has 0 aromatic heterocycles. The first-order chi connectivity index (χ1) is 9.12. The highest BCUT2D eigenvalue weighted by atomic mass is 16.5. The Hall–Kier alpha value is -0.860. The van der Waals surface area contributed by atoms with Gasteiger partial charge in [-0.2, -0.15) is 0 Å². The van der Waals surface area contributed by atoms with Gasteiger partial charge in [-0.15, -0.1) is 0 Å². The molecule has 2 aliphatic rings. The van der Waals surface area contributed by atoms with Crippen molar-refractivity contribution in [2.75, 3.05) is 6.61 Å². The van der Waals surface area contributed by atoms with Crippen LogP contribution in [0.4, 0.5) is 0 Å². The highest BCUT2D eigenvalue weighted by Gasteiger charge is 2.28. The number of hydrogen-bond donors (Lipinski definition) is 1. The number of rotatable bonds is 4. The van der Waals surface area contributed by atoms with Crippen molar-refractivity contribution in [1.82, 2.24) is 5.32 Å². The van der Waals surface area contributed by atoms with E-state index in [1.165, 1.54) is 24.0 Å². The van der Waals surface area contributed by atoms with Crippen molar-refractivity contribution in [3.8, 4) is 0 Å². The molecular weight excluding hydrogens is 234 g/mol. The molecule has 1 saturated carbocycles. The topological polar surface area (TPSA) is 21.3 Å². The van der Waals surface area contributed by atoms with Crippen LogP contribution in [0.3, 0.4) is 0 Å². The smallest absolute Gasteiger partial charge is 0.0641 e. The molecule has 1 atom stereocenters. The Kier molecular flexibility index (Phi) is 3.64. The summed E-state index contributed by atoms with van der Waals surface area (Å²) in [6.07, 6.45) is 5.00. The van der Waals surface area contributed by atoms with E-state index in [-0.39, 0.29) is 5.60 Å². The standard InChI is InChI=1S/C17H25NO/c1-17(2)11-16(8-9-19-17)18-12-13-4-3-5-15(10-13)14-6-7-14/h3-5,10,14,16,18H,6-9,11-12H2,1-2H3. The van der Waals surface area contributed by atoms with Gasteiger partial charge in [-0.3, -0.25) is 0 Å². The van der Waals surface area contributed by atoms with E-state index in [4.69, 9.17) is 4.74 Å². The van der Waals surface area contributed by atoms with E-state index in [0.29, 0.717) is 6.04 Å². The average molecular weight is 259 g/mol. The number of benzene rings is 1. The first-order valence-corrected chi connectivity index (χ1v) is 7.59. The summed E-state index contributed by atoms with van der Waals surface area (Å²) in [6.45, 7) is 6.25. The normalized spacial score (nSPS) is 26.3. The third-order valence-corrected chi connectivity index (χ3v) is 4.29. The largest absolute Gasteiger partial charge is 0.375 e. The maximum Gasteiger partial charge on any atom is 0.0641 e. The van der Waals surface area contributed by atoms with Gasteiger partial charge in [-0.1, -0.05) is 24.3 Å². The van der Waals surface area contributed by atoms with Crippen LogP contribution in [0.15, 0.2) is 24.3 Å². The summed E-state index contributed by atoms with van der Waals surface area (Å²) in [6, 6.07) is 9.70. The Labute approximate surface area is 116 Å². The minimum atomic E-state index is 0.0335. The van der Waals surface area contributed by atoms with Crippen molar-refractivity contribution in [1.29, 1.82) is 0 Å². The summed E-state index contributed by atoms with van der Waals surface area (Å²) in [5.41, 5.74) is 2.99. The third kappa shape index (κ3) is 3.58. The molecule has 1 saturated heterocycles. The summed E-state index contributed by atoms with van der Waals surface area (Å²) < 4.78 is 5.77. The highest BCUT2D eigenvalue weighted by Crippen LogP contribution is 2.40. The van der Waals surface area contributed by atoms with Crippen molar-refractivity contribution >= 4 is 0 Å². The summed E-state index contributed by atoms with van der Waals surface area (Å²) >= 11 is 0. The first kappa shape index (κ1) is 13.1. The van der Waals surface area contributed by atoms with Crippen LogP contribution in [0.1, 0.15) is 56.6 Å². The van der Waals surface area contributed by atoms with Crippen molar-refractivity contribution in [3.05, 3.63) is 35.4 Å². The Balaban J connectivity index is 1.55. The fourth-order valence-electron chi connectivity index (χ4n) is 3.04. The van der Waals surface area contributed by atoms with Crippen molar-refractivity contribution in [3.63, 3.8) is 0 Å². The molecule has 2 heteroatoms. The Morgan fingerprint density at radius 2 is 2.11 bits per heavy atom. The fourth-order valence-corrected chi connectivity index (χ4v) is 3.04. The Bertz CT molecular complexity index is 437. The molecule has 3 rings (SSSR count). The van der Waals surface area contributed by atoms with Crippen molar-refractivity contribution in [2.45, 2.75) is 63.6 Å². The van der Waals surface area contributed by atoms with Crippen LogP contribution < -0.4 is 5.32 Å². The molecule has 1 heterocycles. The van der Waals surface area contributed by atoms with Crippen LogP contribution in [0.5, 0.6) is 0 Å². The maximum atomic E-state index is 5.77. The number of ether oxygens (including phenoxy) is 1. The second-order valence-electron chi connectivity index (χ2n) is 6.70. The summed E-state index contributed by atoms with van der Waals surface area (Å²) in [5.74, 6) is 0.849. The lowest BCUT2D eigenvalue weighted by atomic mass is 9.94. The summed E-state index contributed by atoms with van der Waals surface area (Å²) in [4.78, 5) is 0. The average Bonchev–Trinajstić information content (AvgIpc) is 3.20. The van der Waals surface area contributed by atoms with E-state index in [1.807, 2.05) is 0 Å². The molecule has 0 amide bonds. The second-order valence-corrected chi connectivity index (χ2v) is 6.70.